The molecule has 2 aliphatic rings. The molecule has 0 amide bonds. The third-order valence-electron chi connectivity index (χ3n) is 7.33. The van der Waals surface area contributed by atoms with Gasteiger partial charge < -0.3 is 0 Å². The molecule has 2 atom stereocenters. The number of ether oxygens (including phenoxy) is 1. The number of rotatable bonds is 12. The van der Waals surface area contributed by atoms with Gasteiger partial charge in [0.2, 0.25) is 0 Å². The first-order chi connectivity index (χ1) is 16.4. The van der Waals surface area contributed by atoms with Crippen molar-refractivity contribution in [3.05, 3.63) is 29.8 Å². The van der Waals surface area contributed by atoms with E-state index in [-0.39, 0.29) is 17.4 Å². The zero-order valence-corrected chi connectivity index (χ0v) is 23.2. The van der Waals surface area contributed by atoms with Crippen LogP contribution in [0, 0.1) is 5.92 Å². The molecule has 1 aromatic rings. The van der Waals surface area contributed by atoms with Gasteiger partial charge in [0.1, 0.15) is 0 Å². The Bertz CT molecular complexity index is 761. The Balaban J connectivity index is 1.73. The zero-order chi connectivity index (χ0) is 24.6. The summed E-state index contributed by atoms with van der Waals surface area (Å²) in [5, 5.41) is 0.927. The molecular formula is C29H48NNiO3. The van der Waals surface area contributed by atoms with E-state index in [4.69, 9.17) is 8.62 Å². The van der Waals surface area contributed by atoms with E-state index in [9.17, 15) is 4.79 Å². The summed E-state index contributed by atoms with van der Waals surface area (Å²) in [6, 6.07) is 8.76. The van der Waals surface area contributed by atoms with Crippen LogP contribution in [0.15, 0.2) is 24.3 Å². The number of fused-ring (bicyclic) bond motifs is 1. The molecule has 2 unspecified atom stereocenters. The molecule has 0 radical (unpaired) electrons. The molecule has 197 valence electrons. The Morgan fingerprint density at radius 3 is 2.56 bits per heavy atom. The maximum absolute atomic E-state index is 13.3. The molecule has 5 heteroatoms. The molecule has 3 rings (SSSR count). The monoisotopic (exact) mass is 516 g/mol. The minimum absolute atomic E-state index is 0.0434. The van der Waals surface area contributed by atoms with Crippen molar-refractivity contribution in [2.45, 2.75) is 128 Å². The molecule has 0 saturated heterocycles. The third kappa shape index (κ3) is 7.23. The summed E-state index contributed by atoms with van der Waals surface area (Å²) in [6.07, 6.45) is 12.6. The van der Waals surface area contributed by atoms with Gasteiger partial charge in [-0.15, -0.1) is 0 Å². The van der Waals surface area contributed by atoms with E-state index in [0.717, 1.165) is 69.8 Å². The van der Waals surface area contributed by atoms with Crippen molar-refractivity contribution in [1.82, 2.24) is 0 Å². The van der Waals surface area contributed by atoms with Crippen molar-refractivity contribution in [2.75, 3.05) is 10.6 Å². The van der Waals surface area contributed by atoms with Crippen LogP contribution in [0.2, 0.25) is 5.39 Å². The number of carbonyl (C=O) groups is 1. The molecule has 0 N–H and O–H groups in total. The number of anilines is 1. The van der Waals surface area contributed by atoms with Gasteiger partial charge in [-0.2, -0.15) is 0 Å². The maximum atomic E-state index is 13.3. The van der Waals surface area contributed by atoms with Crippen LogP contribution < -0.4 is 3.98 Å². The second-order valence-corrected chi connectivity index (χ2v) is 12.6. The van der Waals surface area contributed by atoms with Gasteiger partial charge in [-0.05, 0) is 0 Å². The quantitative estimate of drug-likeness (QED) is 0.207. The van der Waals surface area contributed by atoms with Crippen LogP contribution in [0.1, 0.15) is 117 Å². The van der Waals surface area contributed by atoms with E-state index < -0.39 is 13.9 Å². The molecular weight excluding hydrogens is 469 g/mol. The van der Waals surface area contributed by atoms with Gasteiger partial charge in [-0.3, -0.25) is 0 Å². The van der Waals surface area contributed by atoms with Crippen LogP contribution >= 0.6 is 0 Å². The number of carbonyl (C=O) groups excluding carboxylic acids is 1. The molecule has 0 aromatic heterocycles. The van der Waals surface area contributed by atoms with Crippen molar-refractivity contribution in [3.8, 4) is 0 Å². The van der Waals surface area contributed by atoms with Gasteiger partial charge in [0.15, 0.2) is 0 Å². The van der Waals surface area contributed by atoms with Crippen LogP contribution in [0.4, 0.5) is 5.69 Å². The van der Waals surface area contributed by atoms with Crippen LogP contribution in [-0.2, 0) is 27.4 Å². The Labute approximate surface area is 213 Å². The summed E-state index contributed by atoms with van der Waals surface area (Å²) in [5.74, 6) is 0.643. The van der Waals surface area contributed by atoms with Crippen molar-refractivity contribution < 1.29 is 27.4 Å². The Morgan fingerprint density at radius 2 is 1.85 bits per heavy atom. The summed E-state index contributed by atoms with van der Waals surface area (Å²) >= 11 is -0.732. The Hall–Kier alpha value is -1.06. The standard InChI is InChI=1S/C12H16N.C10H21O.C7H12O2.Ni/c1-9-8-12(2,3)13-11-7-5-4-6-10(9)11;1-4-7-8-9-10(5-2)11-6-3;8-7(9)6-4-2-1-3-5-6;/h4-7,9H,8H2,1-3H3;10H,1,4-9H2,2-3H3;6H,1-5H2,(H,8,9);/q-1;;;+2/p-1. The summed E-state index contributed by atoms with van der Waals surface area (Å²) < 4.78 is 14.8. The van der Waals surface area contributed by atoms with E-state index in [1.807, 2.05) is 0 Å². The number of hydrogen-bond acceptors (Lipinski definition) is 4. The summed E-state index contributed by atoms with van der Waals surface area (Å²) in [4.78, 5) is 13.3. The molecule has 0 bridgehead atoms. The average Bonchev–Trinajstić information content (AvgIpc) is 2.83. The van der Waals surface area contributed by atoms with Crippen molar-refractivity contribution >= 4 is 11.7 Å². The first-order valence-corrected chi connectivity index (χ1v) is 15.2. The van der Waals surface area contributed by atoms with Gasteiger partial charge in [0.25, 0.3) is 0 Å². The van der Waals surface area contributed by atoms with E-state index >= 15 is 0 Å². The fraction of sp³-hybridized carbons (Fsp3) is 0.759. The minimum atomic E-state index is -0.732. The molecule has 4 nitrogen and oxygen atoms in total. The van der Waals surface area contributed by atoms with Crippen molar-refractivity contribution in [2.24, 2.45) is 5.92 Å². The van der Waals surface area contributed by atoms with Gasteiger partial charge in [0.05, 0.1) is 0 Å². The molecule has 1 fully saturated rings. The Morgan fingerprint density at radius 1 is 1.12 bits per heavy atom. The predicted molar refractivity (Wildman–Crippen MR) is 138 cm³/mol. The van der Waals surface area contributed by atoms with Crippen LogP contribution in [0.5, 0.6) is 0 Å². The summed E-state index contributed by atoms with van der Waals surface area (Å²) in [7, 11) is 0. The fourth-order valence-corrected chi connectivity index (χ4v) is 8.16. The summed E-state index contributed by atoms with van der Waals surface area (Å²) in [6.45, 7) is 12.1. The average molecular weight is 517 g/mol. The topological polar surface area (TPSA) is 38.8 Å². The van der Waals surface area contributed by atoms with E-state index in [1.165, 1.54) is 24.1 Å². The predicted octanol–water partition coefficient (Wildman–Crippen LogP) is 8.14. The second-order valence-electron chi connectivity index (χ2n) is 10.7. The van der Waals surface area contributed by atoms with Crippen LogP contribution in [-0.4, -0.2) is 24.2 Å². The fourth-order valence-electron chi connectivity index (χ4n) is 5.59. The molecule has 0 spiro atoms. The second kappa shape index (κ2) is 13.3. The molecule has 1 aromatic carbocycles. The number of benzene rings is 1. The number of para-hydroxylation sites is 1. The van der Waals surface area contributed by atoms with Crippen molar-refractivity contribution in [1.29, 1.82) is 0 Å². The zero-order valence-electron chi connectivity index (χ0n) is 22.2. The van der Waals surface area contributed by atoms with Gasteiger partial charge in [0, 0.05) is 0 Å². The Kier molecular flexibility index (Phi) is 10.8. The van der Waals surface area contributed by atoms with E-state index in [1.54, 1.807) is 0 Å². The molecule has 1 aliphatic heterocycles. The molecule has 1 heterocycles. The van der Waals surface area contributed by atoms with Gasteiger partial charge in [-0.25, -0.2) is 0 Å². The number of unbranched alkanes of at least 4 members (excludes halogenated alkanes) is 2. The number of nitrogens with zero attached hydrogens (tertiary/aromatic N) is 1. The third-order valence-corrected chi connectivity index (χ3v) is 9.86. The van der Waals surface area contributed by atoms with Crippen LogP contribution in [0.3, 0.4) is 0 Å². The molecule has 1 aliphatic carbocycles. The number of hydrogen-bond donors (Lipinski definition) is 0. The van der Waals surface area contributed by atoms with Gasteiger partial charge in [-0.1, -0.05) is 0 Å². The normalized spacial score (nSPS) is 21.6. The first kappa shape index (κ1) is 27.5. The molecule has 34 heavy (non-hydrogen) atoms. The van der Waals surface area contributed by atoms with Crippen LogP contribution in [0.25, 0.3) is 0 Å². The molecule has 1 saturated carbocycles. The first-order valence-electron chi connectivity index (χ1n) is 13.7. The van der Waals surface area contributed by atoms with E-state index in [0.29, 0.717) is 12.0 Å². The summed E-state index contributed by atoms with van der Waals surface area (Å²) in [5.41, 5.74) is 2.61. The SMILES string of the molecule is CCOC(CC)CCCC[CH2][Ni]([O]C(=O)C1CCCCC1)[N]1c2ccccc2C(C)CC1(C)C. The van der Waals surface area contributed by atoms with E-state index in [2.05, 4.69) is 62.9 Å². The van der Waals surface area contributed by atoms with Crippen molar-refractivity contribution in [3.63, 3.8) is 0 Å². The van der Waals surface area contributed by atoms with Gasteiger partial charge >= 0.3 is 214 Å².